The van der Waals surface area contributed by atoms with Crippen LogP contribution in [-0.4, -0.2) is 25.1 Å². The number of hydrogen-bond acceptors (Lipinski definition) is 3. The molecular formula is C12H14Cl2N2O2. The largest absolute Gasteiger partial charge is 0.489 e. The Hall–Kier alpha value is -0.970. The van der Waals surface area contributed by atoms with Crippen LogP contribution in [0.25, 0.3) is 0 Å². The lowest BCUT2D eigenvalue weighted by Gasteiger charge is -2.25. The molecule has 1 fully saturated rings. The molecule has 4 nitrogen and oxygen atoms in total. The smallest absolute Gasteiger partial charge is 0.254 e. The van der Waals surface area contributed by atoms with Crippen molar-refractivity contribution in [1.82, 2.24) is 5.32 Å². The molecular weight excluding hydrogens is 275 g/mol. The molecule has 2 rings (SSSR count). The van der Waals surface area contributed by atoms with Crippen molar-refractivity contribution in [3.63, 3.8) is 0 Å². The van der Waals surface area contributed by atoms with Crippen molar-refractivity contribution < 1.29 is 9.53 Å². The van der Waals surface area contributed by atoms with Gasteiger partial charge in [-0.1, -0.05) is 23.2 Å². The molecule has 6 heteroatoms. The molecule has 18 heavy (non-hydrogen) atoms. The van der Waals surface area contributed by atoms with Crippen LogP contribution in [0.5, 0.6) is 5.75 Å². The highest BCUT2D eigenvalue weighted by atomic mass is 35.5. The van der Waals surface area contributed by atoms with Crippen molar-refractivity contribution in [2.45, 2.75) is 18.9 Å². The molecule has 0 spiro atoms. The molecule has 1 aromatic carbocycles. The van der Waals surface area contributed by atoms with E-state index in [0.29, 0.717) is 10.8 Å². The average molecular weight is 289 g/mol. The normalized spacial score (nSPS) is 16.6. The van der Waals surface area contributed by atoms with Gasteiger partial charge < -0.3 is 15.8 Å². The topological polar surface area (TPSA) is 64.4 Å². The number of benzene rings is 1. The summed E-state index contributed by atoms with van der Waals surface area (Å²) in [4.78, 5) is 11.4. The first-order valence-electron chi connectivity index (χ1n) is 5.74. The Bertz CT molecular complexity index is 460. The van der Waals surface area contributed by atoms with Gasteiger partial charge in [0, 0.05) is 0 Å². The van der Waals surface area contributed by atoms with Crippen LogP contribution in [0.1, 0.15) is 23.2 Å². The van der Waals surface area contributed by atoms with E-state index in [2.05, 4.69) is 5.32 Å². The summed E-state index contributed by atoms with van der Waals surface area (Å²) in [6.45, 7) is 1.80. The van der Waals surface area contributed by atoms with Crippen molar-refractivity contribution >= 4 is 29.1 Å². The highest BCUT2D eigenvalue weighted by molar-refractivity contribution is 6.44. The Kier molecular flexibility index (Phi) is 4.32. The molecule has 0 unspecified atom stereocenters. The number of ether oxygens (including phenoxy) is 1. The van der Waals surface area contributed by atoms with Crippen LogP contribution in [-0.2, 0) is 0 Å². The van der Waals surface area contributed by atoms with Crippen LogP contribution >= 0.6 is 23.2 Å². The van der Waals surface area contributed by atoms with Crippen molar-refractivity contribution in [3.8, 4) is 5.75 Å². The van der Waals surface area contributed by atoms with Gasteiger partial charge >= 0.3 is 0 Å². The number of amides is 1. The highest BCUT2D eigenvalue weighted by Gasteiger charge is 2.21. The van der Waals surface area contributed by atoms with Gasteiger partial charge in [0.1, 0.15) is 17.4 Å². The predicted octanol–water partition coefficient (Wildman–Crippen LogP) is 2.22. The van der Waals surface area contributed by atoms with Crippen LogP contribution in [0.3, 0.4) is 0 Å². The average Bonchev–Trinajstić information content (AvgIpc) is 2.35. The van der Waals surface area contributed by atoms with Gasteiger partial charge in [-0.3, -0.25) is 4.79 Å². The number of piperidine rings is 1. The molecule has 0 atom stereocenters. The molecule has 1 heterocycles. The summed E-state index contributed by atoms with van der Waals surface area (Å²) in [7, 11) is 0. The van der Waals surface area contributed by atoms with Crippen LogP contribution in [0.2, 0.25) is 10.0 Å². The van der Waals surface area contributed by atoms with E-state index in [-0.39, 0.29) is 16.7 Å². The van der Waals surface area contributed by atoms with Crippen LogP contribution < -0.4 is 15.8 Å². The van der Waals surface area contributed by atoms with E-state index in [1.165, 1.54) is 0 Å². The summed E-state index contributed by atoms with van der Waals surface area (Å²) in [6, 6.07) is 3.24. The predicted molar refractivity (Wildman–Crippen MR) is 71.5 cm³/mol. The van der Waals surface area contributed by atoms with Crippen molar-refractivity contribution in [1.29, 1.82) is 0 Å². The summed E-state index contributed by atoms with van der Waals surface area (Å²) in [5, 5.41) is 3.68. The molecule has 0 bridgehead atoms. The first-order valence-corrected chi connectivity index (χ1v) is 6.50. The molecule has 1 amide bonds. The monoisotopic (exact) mass is 288 g/mol. The second-order valence-electron chi connectivity index (χ2n) is 4.17. The zero-order valence-corrected chi connectivity index (χ0v) is 11.2. The number of halogens is 2. The molecule has 0 radical (unpaired) electrons. The van der Waals surface area contributed by atoms with Crippen LogP contribution in [0.15, 0.2) is 12.1 Å². The number of carbonyl (C=O) groups is 1. The third-order valence-corrected chi connectivity index (χ3v) is 3.69. The highest BCUT2D eigenvalue weighted by Crippen LogP contribution is 2.33. The molecule has 0 aliphatic carbocycles. The quantitative estimate of drug-likeness (QED) is 0.896. The minimum absolute atomic E-state index is 0.0709. The van der Waals surface area contributed by atoms with Crippen molar-refractivity contribution in [3.05, 3.63) is 27.7 Å². The third-order valence-electron chi connectivity index (χ3n) is 2.88. The molecule has 98 valence electrons. The zero-order valence-electron chi connectivity index (χ0n) is 9.71. The Labute approximate surface area is 115 Å². The van der Waals surface area contributed by atoms with Crippen LogP contribution in [0.4, 0.5) is 0 Å². The van der Waals surface area contributed by atoms with Crippen LogP contribution in [0, 0.1) is 0 Å². The first kappa shape index (κ1) is 13.5. The first-order chi connectivity index (χ1) is 8.59. The van der Waals surface area contributed by atoms with E-state index in [1.54, 1.807) is 12.1 Å². The van der Waals surface area contributed by atoms with Gasteiger partial charge in [-0.15, -0.1) is 0 Å². The lowest BCUT2D eigenvalue weighted by atomic mass is 10.1. The zero-order chi connectivity index (χ0) is 13.1. The number of nitrogens with one attached hydrogen (secondary N) is 1. The molecule has 1 saturated heterocycles. The maximum Gasteiger partial charge on any atom is 0.254 e. The maximum atomic E-state index is 11.4. The molecule has 0 saturated carbocycles. The fourth-order valence-corrected chi connectivity index (χ4v) is 2.36. The minimum Gasteiger partial charge on any atom is -0.489 e. The second kappa shape index (κ2) is 5.78. The summed E-state index contributed by atoms with van der Waals surface area (Å²) in [6.07, 6.45) is 1.85. The number of rotatable bonds is 3. The van der Waals surface area contributed by atoms with E-state index in [0.717, 1.165) is 25.9 Å². The number of primary amides is 1. The lowest BCUT2D eigenvalue weighted by molar-refractivity contribution is 0.0989. The van der Waals surface area contributed by atoms with E-state index < -0.39 is 5.91 Å². The summed E-state index contributed by atoms with van der Waals surface area (Å²) < 4.78 is 5.80. The minimum atomic E-state index is -0.633. The van der Waals surface area contributed by atoms with Gasteiger partial charge in [-0.2, -0.15) is 0 Å². The van der Waals surface area contributed by atoms with Gasteiger partial charge in [0.15, 0.2) is 0 Å². The number of carbonyl (C=O) groups excluding carboxylic acids is 1. The second-order valence-corrected chi connectivity index (χ2v) is 4.95. The Balaban J connectivity index is 2.26. The summed E-state index contributed by atoms with van der Waals surface area (Å²) in [5.74, 6) is -0.227. The van der Waals surface area contributed by atoms with Gasteiger partial charge in [0.2, 0.25) is 0 Å². The number of nitrogens with two attached hydrogens (primary N) is 1. The van der Waals surface area contributed by atoms with E-state index in [4.69, 9.17) is 33.7 Å². The molecule has 3 N–H and O–H groups in total. The SMILES string of the molecule is NC(=O)c1c(OC2CCNCC2)ccc(Cl)c1Cl. The fraction of sp³-hybridized carbons (Fsp3) is 0.417. The van der Waals surface area contributed by atoms with E-state index >= 15 is 0 Å². The van der Waals surface area contributed by atoms with Crippen molar-refractivity contribution in [2.75, 3.05) is 13.1 Å². The van der Waals surface area contributed by atoms with E-state index in [1.807, 2.05) is 0 Å². The molecule has 1 aliphatic rings. The Morgan fingerprint density at radius 2 is 2.00 bits per heavy atom. The number of hydrogen-bond donors (Lipinski definition) is 2. The summed E-state index contributed by atoms with van der Waals surface area (Å²) >= 11 is 11.9. The van der Waals surface area contributed by atoms with E-state index in [9.17, 15) is 4.79 Å². The lowest BCUT2D eigenvalue weighted by Crippen LogP contribution is -2.34. The van der Waals surface area contributed by atoms with Gasteiger partial charge in [0.25, 0.3) is 5.91 Å². The standard InChI is InChI=1S/C12H14Cl2N2O2/c13-8-1-2-9(10(11(8)14)12(15)17)18-7-3-5-16-6-4-7/h1-2,7,16H,3-6H2,(H2,15,17). The van der Waals surface area contributed by atoms with Crippen molar-refractivity contribution in [2.24, 2.45) is 5.73 Å². The van der Waals surface area contributed by atoms with Gasteiger partial charge in [-0.05, 0) is 38.1 Å². The fourth-order valence-electron chi connectivity index (χ4n) is 1.95. The molecule has 1 aliphatic heterocycles. The van der Waals surface area contributed by atoms with Gasteiger partial charge in [0.05, 0.1) is 10.0 Å². The molecule has 1 aromatic rings. The van der Waals surface area contributed by atoms with Gasteiger partial charge in [-0.25, -0.2) is 0 Å². The summed E-state index contributed by atoms with van der Waals surface area (Å²) in [5.41, 5.74) is 5.47. The third kappa shape index (κ3) is 2.88. The Morgan fingerprint density at radius 1 is 1.33 bits per heavy atom. The Morgan fingerprint density at radius 3 is 2.61 bits per heavy atom. The maximum absolute atomic E-state index is 11.4. The molecule has 0 aromatic heterocycles.